The Bertz CT molecular complexity index is 798. The van der Waals surface area contributed by atoms with E-state index in [4.69, 9.17) is 14.2 Å². The third kappa shape index (κ3) is 5.06. The molecule has 0 bridgehead atoms. The number of carbonyl (C=O) groups is 1. The topological polar surface area (TPSA) is 44.8 Å². The summed E-state index contributed by atoms with van der Waals surface area (Å²) < 4.78 is 16.8. The molecule has 4 nitrogen and oxygen atoms in total. The largest absolute Gasteiger partial charge is 0.478 e. The summed E-state index contributed by atoms with van der Waals surface area (Å²) in [7, 11) is 0. The molecule has 2 aromatic rings. The van der Waals surface area contributed by atoms with Gasteiger partial charge in [-0.2, -0.15) is 0 Å². The van der Waals surface area contributed by atoms with Gasteiger partial charge >= 0.3 is 5.97 Å². The summed E-state index contributed by atoms with van der Waals surface area (Å²) >= 11 is 0. The molecule has 0 atom stereocenters. The van der Waals surface area contributed by atoms with E-state index in [0.29, 0.717) is 24.0 Å². The van der Waals surface area contributed by atoms with Crippen LogP contribution in [0.2, 0.25) is 0 Å². The van der Waals surface area contributed by atoms with E-state index in [2.05, 4.69) is 39.0 Å². The minimum Gasteiger partial charge on any atom is -0.478 e. The molecule has 28 heavy (non-hydrogen) atoms. The molecule has 1 fully saturated rings. The standard InChI is InChI=1S/C24H30O4/c1-5-26-23(25)16-27-21-14-9-18(17-7-6-8-17)15-22(21)28-20-12-10-19(11-13-20)24(2,3)4/h9-15,17H,5-8,16H2,1-4H3. The molecule has 0 spiro atoms. The van der Waals surface area contributed by atoms with Gasteiger partial charge in [0, 0.05) is 0 Å². The summed E-state index contributed by atoms with van der Waals surface area (Å²) in [5.41, 5.74) is 2.61. The summed E-state index contributed by atoms with van der Waals surface area (Å²) in [6.07, 6.45) is 3.70. The maximum absolute atomic E-state index is 11.7. The van der Waals surface area contributed by atoms with Crippen LogP contribution in [0, 0.1) is 0 Å². The van der Waals surface area contributed by atoms with Crippen LogP contribution in [0.5, 0.6) is 17.2 Å². The number of esters is 1. The molecular formula is C24H30O4. The summed E-state index contributed by atoms with van der Waals surface area (Å²) in [6.45, 7) is 8.55. The first-order valence-corrected chi connectivity index (χ1v) is 10.1. The minimum atomic E-state index is -0.383. The van der Waals surface area contributed by atoms with Crippen LogP contribution in [0.15, 0.2) is 42.5 Å². The van der Waals surface area contributed by atoms with Crippen LogP contribution in [-0.4, -0.2) is 19.2 Å². The lowest BCUT2D eigenvalue weighted by Crippen LogP contribution is -2.15. The van der Waals surface area contributed by atoms with Crippen molar-refractivity contribution in [3.05, 3.63) is 53.6 Å². The number of benzene rings is 2. The smallest absolute Gasteiger partial charge is 0.344 e. The van der Waals surface area contributed by atoms with Crippen molar-refractivity contribution in [2.24, 2.45) is 0 Å². The number of ether oxygens (including phenoxy) is 3. The van der Waals surface area contributed by atoms with Crippen LogP contribution >= 0.6 is 0 Å². The van der Waals surface area contributed by atoms with Crippen molar-refractivity contribution in [2.75, 3.05) is 13.2 Å². The summed E-state index contributed by atoms with van der Waals surface area (Å²) in [5, 5.41) is 0. The first kappa shape index (κ1) is 20.2. The third-order valence-electron chi connectivity index (χ3n) is 5.14. The van der Waals surface area contributed by atoms with E-state index in [1.54, 1.807) is 6.92 Å². The monoisotopic (exact) mass is 382 g/mol. The zero-order chi connectivity index (χ0) is 20.1. The van der Waals surface area contributed by atoms with Crippen molar-refractivity contribution < 1.29 is 19.0 Å². The van der Waals surface area contributed by atoms with E-state index < -0.39 is 0 Å². The van der Waals surface area contributed by atoms with Gasteiger partial charge in [-0.3, -0.25) is 0 Å². The molecule has 1 saturated carbocycles. The second-order valence-electron chi connectivity index (χ2n) is 8.30. The first-order chi connectivity index (χ1) is 13.4. The second-order valence-corrected chi connectivity index (χ2v) is 8.30. The third-order valence-corrected chi connectivity index (χ3v) is 5.14. The van der Waals surface area contributed by atoms with E-state index in [0.717, 1.165) is 5.75 Å². The van der Waals surface area contributed by atoms with Gasteiger partial charge in [-0.15, -0.1) is 0 Å². The molecular weight excluding hydrogens is 352 g/mol. The van der Waals surface area contributed by atoms with Gasteiger partial charge in [0.1, 0.15) is 5.75 Å². The number of rotatable bonds is 7. The Morgan fingerprint density at radius 2 is 1.75 bits per heavy atom. The average molecular weight is 383 g/mol. The average Bonchev–Trinajstić information content (AvgIpc) is 2.59. The molecule has 2 aromatic carbocycles. The highest BCUT2D eigenvalue weighted by Gasteiger charge is 2.22. The van der Waals surface area contributed by atoms with Crippen LogP contribution in [0.3, 0.4) is 0 Å². The summed E-state index contributed by atoms with van der Waals surface area (Å²) in [6, 6.07) is 14.1. The van der Waals surface area contributed by atoms with Crippen molar-refractivity contribution in [3.63, 3.8) is 0 Å². The predicted octanol–water partition coefficient (Wildman–Crippen LogP) is 5.99. The van der Waals surface area contributed by atoms with E-state index in [-0.39, 0.29) is 18.0 Å². The van der Waals surface area contributed by atoms with Gasteiger partial charge < -0.3 is 14.2 Å². The fraction of sp³-hybridized carbons (Fsp3) is 0.458. The van der Waals surface area contributed by atoms with E-state index >= 15 is 0 Å². The zero-order valence-corrected chi connectivity index (χ0v) is 17.3. The highest BCUT2D eigenvalue weighted by Crippen LogP contribution is 2.41. The van der Waals surface area contributed by atoms with Crippen LogP contribution in [-0.2, 0) is 14.9 Å². The van der Waals surface area contributed by atoms with Gasteiger partial charge in [0.25, 0.3) is 0 Å². The lowest BCUT2D eigenvalue weighted by atomic mass is 9.80. The highest BCUT2D eigenvalue weighted by atomic mass is 16.6. The Kier molecular flexibility index (Phi) is 6.28. The van der Waals surface area contributed by atoms with Gasteiger partial charge in [0.05, 0.1) is 6.61 Å². The molecule has 3 rings (SSSR count). The van der Waals surface area contributed by atoms with Crippen molar-refractivity contribution in [3.8, 4) is 17.2 Å². The van der Waals surface area contributed by atoms with E-state index in [9.17, 15) is 4.79 Å². The molecule has 0 unspecified atom stereocenters. The molecule has 0 aliphatic heterocycles. The molecule has 150 valence electrons. The Morgan fingerprint density at radius 3 is 2.32 bits per heavy atom. The predicted molar refractivity (Wildman–Crippen MR) is 110 cm³/mol. The molecule has 1 aliphatic carbocycles. The van der Waals surface area contributed by atoms with Crippen molar-refractivity contribution >= 4 is 5.97 Å². The molecule has 4 heteroatoms. The maximum Gasteiger partial charge on any atom is 0.344 e. The quantitative estimate of drug-likeness (QED) is 0.552. The summed E-state index contributed by atoms with van der Waals surface area (Å²) in [4.78, 5) is 11.7. The minimum absolute atomic E-state index is 0.0938. The highest BCUT2D eigenvalue weighted by molar-refractivity contribution is 5.71. The van der Waals surface area contributed by atoms with E-state index in [1.165, 1.54) is 30.4 Å². The lowest BCUT2D eigenvalue weighted by molar-refractivity contribution is -0.145. The Balaban J connectivity index is 1.80. The lowest BCUT2D eigenvalue weighted by Gasteiger charge is -2.26. The molecule has 0 heterocycles. The van der Waals surface area contributed by atoms with Crippen LogP contribution in [0.25, 0.3) is 0 Å². The van der Waals surface area contributed by atoms with Crippen LogP contribution in [0.4, 0.5) is 0 Å². The molecule has 0 N–H and O–H groups in total. The Hall–Kier alpha value is -2.49. The van der Waals surface area contributed by atoms with Crippen LogP contribution in [0.1, 0.15) is 64.0 Å². The van der Waals surface area contributed by atoms with Crippen molar-refractivity contribution in [2.45, 2.75) is 58.3 Å². The molecule has 1 aliphatic rings. The van der Waals surface area contributed by atoms with Crippen LogP contribution < -0.4 is 9.47 Å². The normalized spacial score (nSPS) is 14.3. The Labute approximate surface area is 167 Å². The summed E-state index contributed by atoms with van der Waals surface area (Å²) in [5.74, 6) is 2.14. The van der Waals surface area contributed by atoms with Crippen molar-refractivity contribution in [1.29, 1.82) is 0 Å². The van der Waals surface area contributed by atoms with Crippen molar-refractivity contribution in [1.82, 2.24) is 0 Å². The molecule has 0 amide bonds. The van der Waals surface area contributed by atoms with Gasteiger partial charge in [0.2, 0.25) is 0 Å². The van der Waals surface area contributed by atoms with Gasteiger partial charge in [0.15, 0.2) is 18.1 Å². The van der Waals surface area contributed by atoms with Gasteiger partial charge in [-0.05, 0) is 66.5 Å². The van der Waals surface area contributed by atoms with E-state index in [1.807, 2.05) is 24.3 Å². The maximum atomic E-state index is 11.7. The first-order valence-electron chi connectivity index (χ1n) is 10.1. The number of carbonyl (C=O) groups excluding carboxylic acids is 1. The fourth-order valence-corrected chi connectivity index (χ4v) is 3.21. The van der Waals surface area contributed by atoms with Gasteiger partial charge in [-0.25, -0.2) is 4.79 Å². The second kappa shape index (κ2) is 8.68. The molecule has 0 radical (unpaired) electrons. The fourth-order valence-electron chi connectivity index (χ4n) is 3.21. The Morgan fingerprint density at radius 1 is 1.04 bits per heavy atom. The SMILES string of the molecule is CCOC(=O)COc1ccc(C2CCC2)cc1Oc1ccc(C(C)(C)C)cc1. The zero-order valence-electron chi connectivity index (χ0n) is 17.3. The number of hydrogen-bond acceptors (Lipinski definition) is 4. The molecule has 0 saturated heterocycles. The van der Waals surface area contributed by atoms with Gasteiger partial charge in [-0.1, -0.05) is 45.4 Å². The molecule has 0 aromatic heterocycles. The number of hydrogen-bond donors (Lipinski definition) is 0.